The lowest BCUT2D eigenvalue weighted by atomic mass is 9.94. The molecule has 0 radical (unpaired) electrons. The van der Waals surface area contributed by atoms with E-state index in [1.807, 2.05) is 6.07 Å². The van der Waals surface area contributed by atoms with Gasteiger partial charge in [0, 0.05) is 16.5 Å². The average molecular weight is 418 g/mol. The summed E-state index contributed by atoms with van der Waals surface area (Å²) in [7, 11) is 0. The van der Waals surface area contributed by atoms with Crippen LogP contribution in [0.3, 0.4) is 0 Å². The fourth-order valence-electron chi connectivity index (χ4n) is 4.18. The topological polar surface area (TPSA) is 91.7 Å². The number of furan rings is 1. The SMILES string of the molecule is C[C@@H](NC(=O)C[C@@H]1NC(=O)N(C2CCCCC2)C1=O)c1cc2cc(Cl)ccc2o1. The zero-order valence-corrected chi connectivity index (χ0v) is 17.0. The Hall–Kier alpha value is -2.54. The standard InChI is InChI=1S/C21H24ClN3O4/c1-12(18-10-13-9-14(22)7-8-17(13)29-18)23-19(26)11-16-20(27)25(21(28)24-16)15-5-3-2-4-6-15/h7-10,12,15-16H,2-6,11H2,1H3,(H,23,26)(H,24,28)/t12-,16+/m1/s1. The number of halogens is 1. The van der Waals surface area contributed by atoms with Gasteiger partial charge >= 0.3 is 6.03 Å². The Kier molecular flexibility index (Phi) is 5.50. The molecule has 2 heterocycles. The number of carbonyl (C=O) groups is 3. The fourth-order valence-corrected chi connectivity index (χ4v) is 4.36. The molecule has 2 aliphatic rings. The van der Waals surface area contributed by atoms with Crippen molar-refractivity contribution in [3.8, 4) is 0 Å². The lowest BCUT2D eigenvalue weighted by molar-refractivity contribution is -0.132. The van der Waals surface area contributed by atoms with Gasteiger partial charge in [0.15, 0.2) is 0 Å². The number of nitrogens with one attached hydrogen (secondary N) is 2. The molecule has 1 aromatic carbocycles. The van der Waals surface area contributed by atoms with Crippen LogP contribution in [0.4, 0.5) is 4.79 Å². The van der Waals surface area contributed by atoms with E-state index in [1.165, 1.54) is 4.90 Å². The highest BCUT2D eigenvalue weighted by Gasteiger charge is 2.43. The van der Waals surface area contributed by atoms with Gasteiger partial charge in [-0.25, -0.2) is 4.79 Å². The Morgan fingerprint density at radius 2 is 2.03 bits per heavy atom. The first-order valence-corrected chi connectivity index (χ1v) is 10.4. The van der Waals surface area contributed by atoms with E-state index in [2.05, 4.69) is 10.6 Å². The Labute approximate surface area is 173 Å². The quantitative estimate of drug-likeness (QED) is 0.721. The molecule has 8 heteroatoms. The largest absolute Gasteiger partial charge is 0.459 e. The van der Waals surface area contributed by atoms with Gasteiger partial charge in [-0.1, -0.05) is 30.9 Å². The van der Waals surface area contributed by atoms with E-state index in [4.69, 9.17) is 16.0 Å². The molecule has 2 N–H and O–H groups in total. The highest BCUT2D eigenvalue weighted by molar-refractivity contribution is 6.31. The molecule has 1 saturated heterocycles. The summed E-state index contributed by atoms with van der Waals surface area (Å²) in [4.78, 5) is 38.8. The summed E-state index contributed by atoms with van der Waals surface area (Å²) in [6.45, 7) is 1.81. The molecule has 4 amide bonds. The number of nitrogens with zero attached hydrogens (tertiary/aromatic N) is 1. The Bertz CT molecular complexity index is 951. The number of hydrogen-bond donors (Lipinski definition) is 2. The van der Waals surface area contributed by atoms with Crippen molar-refractivity contribution in [1.29, 1.82) is 0 Å². The third kappa shape index (κ3) is 4.10. The molecular formula is C21H24ClN3O4. The van der Waals surface area contributed by atoms with Crippen molar-refractivity contribution in [2.45, 2.75) is 63.6 Å². The maximum atomic E-state index is 12.7. The van der Waals surface area contributed by atoms with Gasteiger partial charge in [-0.2, -0.15) is 0 Å². The predicted octanol–water partition coefficient (Wildman–Crippen LogP) is 3.91. The van der Waals surface area contributed by atoms with Gasteiger partial charge in [0.05, 0.1) is 12.5 Å². The molecule has 0 unspecified atom stereocenters. The maximum Gasteiger partial charge on any atom is 0.325 e. The van der Waals surface area contributed by atoms with Crippen molar-refractivity contribution in [1.82, 2.24) is 15.5 Å². The third-order valence-corrected chi connectivity index (χ3v) is 5.92. The Morgan fingerprint density at radius 3 is 2.79 bits per heavy atom. The second kappa shape index (κ2) is 8.06. The van der Waals surface area contributed by atoms with Gasteiger partial charge in [-0.3, -0.25) is 14.5 Å². The summed E-state index contributed by atoms with van der Waals surface area (Å²) >= 11 is 6.00. The monoisotopic (exact) mass is 417 g/mol. The van der Waals surface area contributed by atoms with E-state index in [0.717, 1.165) is 37.5 Å². The molecule has 2 atom stereocenters. The summed E-state index contributed by atoms with van der Waals surface area (Å²) in [5, 5.41) is 6.97. The van der Waals surface area contributed by atoms with Gasteiger partial charge in [0.1, 0.15) is 17.4 Å². The first-order valence-electron chi connectivity index (χ1n) is 10.0. The molecule has 2 fully saturated rings. The van der Waals surface area contributed by atoms with Gasteiger partial charge in [-0.15, -0.1) is 0 Å². The van der Waals surface area contributed by atoms with Crippen LogP contribution >= 0.6 is 11.6 Å². The molecule has 0 spiro atoms. The van der Waals surface area contributed by atoms with E-state index in [9.17, 15) is 14.4 Å². The predicted molar refractivity (Wildman–Crippen MR) is 108 cm³/mol. The van der Waals surface area contributed by atoms with Crippen LogP contribution in [0, 0.1) is 0 Å². The minimum atomic E-state index is -0.814. The summed E-state index contributed by atoms with van der Waals surface area (Å²) in [5.41, 5.74) is 0.687. The number of fused-ring (bicyclic) bond motifs is 1. The smallest absolute Gasteiger partial charge is 0.325 e. The first kappa shape index (κ1) is 19.8. The maximum absolute atomic E-state index is 12.7. The summed E-state index contributed by atoms with van der Waals surface area (Å²) < 4.78 is 5.77. The van der Waals surface area contributed by atoms with Gasteiger partial charge in [0.2, 0.25) is 5.91 Å². The zero-order chi connectivity index (χ0) is 20.5. The number of rotatable bonds is 5. The number of hydrogen-bond acceptors (Lipinski definition) is 4. The van der Waals surface area contributed by atoms with Crippen molar-refractivity contribution >= 4 is 40.4 Å². The molecule has 0 bridgehead atoms. The number of amides is 4. The average Bonchev–Trinajstić information content (AvgIpc) is 3.23. The minimum Gasteiger partial charge on any atom is -0.459 e. The summed E-state index contributed by atoms with van der Waals surface area (Å²) in [5.74, 6) is -0.0237. The van der Waals surface area contributed by atoms with Crippen molar-refractivity contribution in [2.24, 2.45) is 0 Å². The normalized spacial score (nSPS) is 21.4. The number of carbonyl (C=O) groups excluding carboxylic acids is 3. The van der Waals surface area contributed by atoms with E-state index < -0.39 is 6.04 Å². The fraction of sp³-hybridized carbons (Fsp3) is 0.476. The van der Waals surface area contributed by atoms with E-state index in [-0.39, 0.29) is 36.3 Å². The zero-order valence-electron chi connectivity index (χ0n) is 16.2. The van der Waals surface area contributed by atoms with Crippen LogP contribution in [0.1, 0.15) is 57.3 Å². The van der Waals surface area contributed by atoms with Gasteiger partial charge < -0.3 is 15.1 Å². The molecule has 154 valence electrons. The number of imide groups is 1. The van der Waals surface area contributed by atoms with Gasteiger partial charge in [-0.05, 0) is 44.0 Å². The van der Waals surface area contributed by atoms with Crippen LogP contribution in [0.15, 0.2) is 28.7 Å². The summed E-state index contributed by atoms with van der Waals surface area (Å²) in [6, 6.07) is 5.52. The molecule has 1 aliphatic heterocycles. The summed E-state index contributed by atoms with van der Waals surface area (Å²) in [6.07, 6.45) is 4.76. The molecule has 29 heavy (non-hydrogen) atoms. The van der Waals surface area contributed by atoms with Crippen LogP contribution in [0.5, 0.6) is 0 Å². The molecule has 1 aliphatic carbocycles. The lowest BCUT2D eigenvalue weighted by Gasteiger charge is -2.28. The lowest BCUT2D eigenvalue weighted by Crippen LogP contribution is -2.42. The van der Waals surface area contributed by atoms with Crippen molar-refractivity contribution in [2.75, 3.05) is 0 Å². The van der Waals surface area contributed by atoms with Gasteiger partial charge in [0.25, 0.3) is 5.91 Å². The van der Waals surface area contributed by atoms with Crippen molar-refractivity contribution in [3.63, 3.8) is 0 Å². The van der Waals surface area contributed by atoms with Crippen LogP contribution in [-0.4, -0.2) is 34.8 Å². The molecular weight excluding hydrogens is 394 g/mol. The highest BCUT2D eigenvalue weighted by Crippen LogP contribution is 2.27. The van der Waals surface area contributed by atoms with Crippen molar-refractivity contribution in [3.05, 3.63) is 35.0 Å². The van der Waals surface area contributed by atoms with Crippen LogP contribution in [-0.2, 0) is 9.59 Å². The molecule has 2 aromatic rings. The molecule has 7 nitrogen and oxygen atoms in total. The van der Waals surface area contributed by atoms with Crippen LogP contribution in [0.25, 0.3) is 11.0 Å². The minimum absolute atomic E-state index is 0.0504. The van der Waals surface area contributed by atoms with Crippen LogP contribution < -0.4 is 10.6 Å². The molecule has 1 aromatic heterocycles. The second-order valence-corrected chi connectivity index (χ2v) is 8.26. The Balaban J connectivity index is 1.37. The van der Waals surface area contributed by atoms with E-state index in [0.29, 0.717) is 16.4 Å². The molecule has 4 rings (SSSR count). The van der Waals surface area contributed by atoms with E-state index >= 15 is 0 Å². The van der Waals surface area contributed by atoms with Crippen molar-refractivity contribution < 1.29 is 18.8 Å². The second-order valence-electron chi connectivity index (χ2n) is 7.83. The number of benzene rings is 1. The third-order valence-electron chi connectivity index (χ3n) is 5.68. The van der Waals surface area contributed by atoms with Crippen LogP contribution in [0.2, 0.25) is 5.02 Å². The highest BCUT2D eigenvalue weighted by atomic mass is 35.5. The van der Waals surface area contributed by atoms with E-state index in [1.54, 1.807) is 25.1 Å². The number of urea groups is 1. The Morgan fingerprint density at radius 1 is 1.28 bits per heavy atom. The first-order chi connectivity index (χ1) is 13.9. The molecule has 1 saturated carbocycles.